The van der Waals surface area contributed by atoms with Crippen molar-refractivity contribution >= 4 is 28.8 Å². The molecule has 0 aliphatic heterocycles. The smallest absolute Gasteiger partial charge is 0.329 e. The van der Waals surface area contributed by atoms with Crippen molar-refractivity contribution in [2.24, 2.45) is 11.0 Å². The first-order chi connectivity index (χ1) is 11.0. The Morgan fingerprint density at radius 1 is 1.17 bits per heavy atom. The van der Waals surface area contributed by atoms with Gasteiger partial charge in [0.1, 0.15) is 5.75 Å². The van der Waals surface area contributed by atoms with Crippen molar-refractivity contribution in [3.63, 3.8) is 0 Å². The van der Waals surface area contributed by atoms with Crippen molar-refractivity contribution in [2.45, 2.75) is 13.8 Å². The largest absolute Gasteiger partial charge is 0.507 e. The topological polar surface area (TPSA) is 90.8 Å². The maximum Gasteiger partial charge on any atom is 0.329 e. The molecule has 6 nitrogen and oxygen atoms in total. The minimum atomic E-state index is -0.846. The van der Waals surface area contributed by atoms with E-state index in [9.17, 15) is 14.7 Å². The second-order valence-electron chi connectivity index (χ2n) is 5.52. The Bertz CT molecular complexity index is 754. The highest BCUT2D eigenvalue weighted by molar-refractivity contribution is 6.35. The molecule has 2 aromatic rings. The minimum Gasteiger partial charge on any atom is -0.507 e. The molecular weight excluding hydrogens is 294 g/mol. The van der Waals surface area contributed by atoms with E-state index in [0.717, 1.165) is 10.8 Å². The average molecular weight is 313 g/mol. The summed E-state index contributed by atoms with van der Waals surface area (Å²) < 4.78 is 0. The molecule has 6 heteroatoms. The van der Waals surface area contributed by atoms with Crippen LogP contribution in [0.25, 0.3) is 10.8 Å². The van der Waals surface area contributed by atoms with Crippen molar-refractivity contribution in [2.75, 3.05) is 6.54 Å². The van der Waals surface area contributed by atoms with Gasteiger partial charge >= 0.3 is 11.8 Å². The second-order valence-corrected chi connectivity index (χ2v) is 5.52. The molecule has 0 aromatic heterocycles. The number of nitrogens with one attached hydrogen (secondary N) is 2. The van der Waals surface area contributed by atoms with Crippen LogP contribution >= 0.6 is 0 Å². The lowest BCUT2D eigenvalue weighted by Crippen LogP contribution is -2.39. The molecule has 0 spiro atoms. The normalized spacial score (nSPS) is 11.1. The van der Waals surface area contributed by atoms with Crippen LogP contribution in [0, 0.1) is 5.92 Å². The Morgan fingerprint density at radius 2 is 1.91 bits per heavy atom. The zero-order valence-corrected chi connectivity index (χ0v) is 13.0. The first-order valence-corrected chi connectivity index (χ1v) is 7.31. The van der Waals surface area contributed by atoms with E-state index in [1.807, 2.05) is 38.1 Å². The first kappa shape index (κ1) is 16.5. The van der Waals surface area contributed by atoms with E-state index in [2.05, 4.69) is 15.8 Å². The number of phenolic OH excluding ortho intramolecular Hbond substituents is 1. The number of benzene rings is 2. The summed E-state index contributed by atoms with van der Waals surface area (Å²) in [4.78, 5) is 23.1. The van der Waals surface area contributed by atoms with Crippen LogP contribution in [0.1, 0.15) is 19.4 Å². The van der Waals surface area contributed by atoms with Crippen molar-refractivity contribution < 1.29 is 14.7 Å². The van der Waals surface area contributed by atoms with E-state index in [0.29, 0.717) is 12.1 Å². The van der Waals surface area contributed by atoms with E-state index in [-0.39, 0.29) is 11.7 Å². The van der Waals surface area contributed by atoms with Gasteiger partial charge in [-0.2, -0.15) is 5.10 Å². The Hall–Kier alpha value is -2.89. The highest BCUT2D eigenvalue weighted by Gasteiger charge is 2.12. The molecule has 2 rings (SSSR count). The summed E-state index contributed by atoms with van der Waals surface area (Å²) in [6.07, 6.45) is 1.32. The van der Waals surface area contributed by atoms with Crippen LogP contribution in [0.2, 0.25) is 0 Å². The summed E-state index contributed by atoms with van der Waals surface area (Å²) >= 11 is 0. The molecule has 0 saturated carbocycles. The Morgan fingerprint density at radius 3 is 2.65 bits per heavy atom. The molecule has 0 saturated heterocycles. The van der Waals surface area contributed by atoms with E-state index < -0.39 is 11.8 Å². The molecule has 2 amide bonds. The number of rotatable bonds is 4. The van der Waals surface area contributed by atoms with Gasteiger partial charge in [0, 0.05) is 12.1 Å². The Kier molecular flexibility index (Phi) is 5.30. The van der Waals surface area contributed by atoms with Gasteiger partial charge in [-0.3, -0.25) is 9.59 Å². The van der Waals surface area contributed by atoms with Crippen LogP contribution in [0.15, 0.2) is 41.5 Å². The fourth-order valence-corrected chi connectivity index (χ4v) is 2.00. The number of aromatic hydroxyl groups is 1. The van der Waals surface area contributed by atoms with Gasteiger partial charge in [-0.25, -0.2) is 5.43 Å². The average Bonchev–Trinajstić information content (AvgIpc) is 2.54. The number of hydrazone groups is 1. The van der Waals surface area contributed by atoms with Crippen LogP contribution in [-0.4, -0.2) is 29.7 Å². The molecule has 2 aromatic carbocycles. The second kappa shape index (κ2) is 7.40. The lowest BCUT2D eigenvalue weighted by molar-refractivity contribution is -0.139. The first-order valence-electron chi connectivity index (χ1n) is 7.31. The van der Waals surface area contributed by atoms with Gasteiger partial charge in [-0.15, -0.1) is 0 Å². The Balaban J connectivity index is 2.08. The van der Waals surface area contributed by atoms with Crippen LogP contribution in [0.3, 0.4) is 0 Å². The van der Waals surface area contributed by atoms with Crippen LogP contribution in [-0.2, 0) is 9.59 Å². The molecule has 0 fully saturated rings. The molecule has 3 N–H and O–H groups in total. The van der Waals surface area contributed by atoms with Gasteiger partial charge in [0.05, 0.1) is 6.21 Å². The predicted octanol–water partition coefficient (Wildman–Crippen LogP) is 1.77. The summed E-state index contributed by atoms with van der Waals surface area (Å²) in [7, 11) is 0. The molecular formula is C17H19N3O3. The SMILES string of the molecule is CC(C)CNC(=O)C(=O)N/N=C/c1c(O)ccc2ccccc12. The fourth-order valence-electron chi connectivity index (χ4n) is 2.00. The zero-order chi connectivity index (χ0) is 16.8. The molecule has 0 radical (unpaired) electrons. The van der Waals surface area contributed by atoms with Crippen molar-refractivity contribution in [1.82, 2.24) is 10.7 Å². The molecule has 0 aliphatic rings. The van der Waals surface area contributed by atoms with Crippen LogP contribution in [0.5, 0.6) is 5.75 Å². The number of carbonyl (C=O) groups excluding carboxylic acids is 2. The summed E-state index contributed by atoms with van der Waals surface area (Å²) in [5.41, 5.74) is 2.63. The predicted molar refractivity (Wildman–Crippen MR) is 89.2 cm³/mol. The van der Waals surface area contributed by atoms with E-state index >= 15 is 0 Å². The molecule has 23 heavy (non-hydrogen) atoms. The molecule has 0 heterocycles. The van der Waals surface area contributed by atoms with Gasteiger partial charge in [-0.1, -0.05) is 44.2 Å². The highest BCUT2D eigenvalue weighted by Crippen LogP contribution is 2.25. The van der Waals surface area contributed by atoms with Crippen molar-refractivity contribution in [3.8, 4) is 5.75 Å². The van der Waals surface area contributed by atoms with Crippen LogP contribution < -0.4 is 10.7 Å². The van der Waals surface area contributed by atoms with Gasteiger partial charge in [0.25, 0.3) is 0 Å². The highest BCUT2D eigenvalue weighted by atomic mass is 16.3. The summed E-state index contributed by atoms with van der Waals surface area (Å²) in [5.74, 6) is -1.28. The number of hydrogen-bond donors (Lipinski definition) is 3. The Labute approximate surface area is 134 Å². The maximum absolute atomic E-state index is 11.6. The number of nitrogens with zero attached hydrogens (tertiary/aromatic N) is 1. The van der Waals surface area contributed by atoms with Crippen molar-refractivity contribution in [3.05, 3.63) is 42.0 Å². The minimum absolute atomic E-state index is 0.0472. The molecule has 0 unspecified atom stereocenters. The van der Waals surface area contributed by atoms with Crippen LogP contribution in [0.4, 0.5) is 0 Å². The summed E-state index contributed by atoms with van der Waals surface area (Å²) in [6, 6.07) is 10.8. The summed E-state index contributed by atoms with van der Waals surface area (Å²) in [5, 5.41) is 17.9. The lowest BCUT2D eigenvalue weighted by atomic mass is 10.0. The molecule has 0 atom stereocenters. The number of phenols is 1. The van der Waals surface area contributed by atoms with Gasteiger partial charge < -0.3 is 10.4 Å². The quantitative estimate of drug-likeness (QED) is 0.456. The van der Waals surface area contributed by atoms with Crippen molar-refractivity contribution in [1.29, 1.82) is 0 Å². The standard InChI is InChI=1S/C17H19N3O3/c1-11(2)9-18-16(22)17(23)20-19-10-14-13-6-4-3-5-12(13)7-8-15(14)21/h3-8,10-11,21H,9H2,1-2H3,(H,18,22)(H,20,23)/b19-10+. The van der Waals surface area contributed by atoms with E-state index in [4.69, 9.17) is 0 Å². The van der Waals surface area contributed by atoms with Gasteiger partial charge in [-0.05, 0) is 22.8 Å². The van der Waals surface area contributed by atoms with E-state index in [1.165, 1.54) is 6.21 Å². The lowest BCUT2D eigenvalue weighted by Gasteiger charge is -2.06. The third-order valence-electron chi connectivity index (χ3n) is 3.18. The van der Waals surface area contributed by atoms with Gasteiger partial charge in [0.2, 0.25) is 0 Å². The zero-order valence-electron chi connectivity index (χ0n) is 13.0. The molecule has 0 bridgehead atoms. The van der Waals surface area contributed by atoms with Gasteiger partial charge in [0.15, 0.2) is 0 Å². The monoisotopic (exact) mass is 313 g/mol. The summed E-state index contributed by atoms with van der Waals surface area (Å²) in [6.45, 7) is 4.28. The third-order valence-corrected chi connectivity index (χ3v) is 3.18. The van der Waals surface area contributed by atoms with E-state index in [1.54, 1.807) is 12.1 Å². The fraction of sp³-hybridized carbons (Fsp3) is 0.235. The number of carbonyl (C=O) groups is 2. The maximum atomic E-state index is 11.6. The molecule has 0 aliphatic carbocycles. The number of fused-ring (bicyclic) bond motifs is 1. The number of hydrogen-bond acceptors (Lipinski definition) is 4. The third kappa shape index (κ3) is 4.29. The number of amides is 2. The molecule has 120 valence electrons.